The Morgan fingerprint density at radius 1 is 1.17 bits per heavy atom. The Hall–Kier alpha value is -3.07. The van der Waals surface area contributed by atoms with Crippen LogP contribution in [0.2, 0.25) is 0 Å². The fourth-order valence-corrected chi connectivity index (χ4v) is 4.07. The van der Waals surface area contributed by atoms with Crippen molar-refractivity contribution in [3.05, 3.63) is 52.8 Å². The molecule has 6 heteroatoms. The van der Waals surface area contributed by atoms with Crippen molar-refractivity contribution in [3.63, 3.8) is 0 Å². The molecule has 0 spiro atoms. The average molecular weight is 393 g/mol. The second kappa shape index (κ2) is 8.52. The predicted molar refractivity (Wildman–Crippen MR) is 110 cm³/mol. The molecule has 0 unspecified atom stereocenters. The molecule has 1 aromatic heterocycles. The van der Waals surface area contributed by atoms with Crippen LogP contribution in [0.3, 0.4) is 0 Å². The van der Waals surface area contributed by atoms with Gasteiger partial charge in [0, 0.05) is 17.1 Å². The number of hydrogen-bond acceptors (Lipinski definition) is 4. The summed E-state index contributed by atoms with van der Waals surface area (Å²) in [4.78, 5) is 24.9. The highest BCUT2D eigenvalue weighted by atomic mass is 16.5. The van der Waals surface area contributed by atoms with E-state index in [9.17, 15) is 14.9 Å². The molecule has 0 aliphatic heterocycles. The summed E-state index contributed by atoms with van der Waals surface area (Å²) in [5, 5.41) is 12.2. The molecule has 0 atom stereocenters. The lowest BCUT2D eigenvalue weighted by Crippen LogP contribution is -2.50. The maximum absolute atomic E-state index is 12.6. The number of rotatable bonds is 5. The van der Waals surface area contributed by atoms with Gasteiger partial charge in [-0.05, 0) is 57.4 Å². The molecule has 1 fully saturated rings. The third-order valence-electron chi connectivity index (χ3n) is 5.55. The number of esters is 1. The van der Waals surface area contributed by atoms with Crippen molar-refractivity contribution in [2.24, 2.45) is 0 Å². The number of nitriles is 1. The predicted octanol–water partition coefficient (Wildman–Crippen LogP) is 3.90. The first kappa shape index (κ1) is 20.7. The van der Waals surface area contributed by atoms with Crippen LogP contribution >= 0.6 is 0 Å². The normalized spacial score (nSPS) is 15.4. The molecular formula is C23H27N3O3. The SMILES string of the molecule is Cc1cccc(-n2c(C)cc(C(=O)OCC(=O)NC3(C#N)CCCCC3)c2C)c1. The van der Waals surface area contributed by atoms with Crippen molar-refractivity contribution in [1.29, 1.82) is 5.26 Å². The van der Waals surface area contributed by atoms with Gasteiger partial charge in [-0.15, -0.1) is 0 Å². The van der Waals surface area contributed by atoms with Crippen LogP contribution in [0.4, 0.5) is 0 Å². The van der Waals surface area contributed by atoms with Gasteiger partial charge < -0.3 is 14.6 Å². The summed E-state index contributed by atoms with van der Waals surface area (Å²) in [6.07, 6.45) is 4.18. The Balaban J connectivity index is 1.68. The first-order chi connectivity index (χ1) is 13.8. The van der Waals surface area contributed by atoms with E-state index < -0.39 is 24.0 Å². The molecule has 0 bridgehead atoms. The second-order valence-electron chi connectivity index (χ2n) is 7.84. The summed E-state index contributed by atoms with van der Waals surface area (Å²) in [6.45, 7) is 5.42. The molecule has 1 amide bonds. The van der Waals surface area contributed by atoms with Gasteiger partial charge in [0.2, 0.25) is 0 Å². The van der Waals surface area contributed by atoms with Crippen LogP contribution in [0.15, 0.2) is 30.3 Å². The molecule has 1 saturated carbocycles. The zero-order chi connectivity index (χ0) is 21.0. The summed E-state index contributed by atoms with van der Waals surface area (Å²) in [7, 11) is 0. The van der Waals surface area contributed by atoms with Crippen LogP contribution in [0, 0.1) is 32.1 Å². The van der Waals surface area contributed by atoms with Crippen LogP contribution in [0.5, 0.6) is 0 Å². The number of nitrogens with one attached hydrogen (secondary N) is 1. The second-order valence-corrected chi connectivity index (χ2v) is 7.84. The van der Waals surface area contributed by atoms with E-state index in [2.05, 4.69) is 11.4 Å². The molecule has 1 aromatic carbocycles. The van der Waals surface area contributed by atoms with E-state index in [-0.39, 0.29) is 0 Å². The molecule has 152 valence electrons. The van der Waals surface area contributed by atoms with Crippen molar-refractivity contribution in [3.8, 4) is 11.8 Å². The van der Waals surface area contributed by atoms with E-state index in [1.54, 1.807) is 6.07 Å². The number of carbonyl (C=O) groups is 2. The third kappa shape index (κ3) is 4.51. The molecule has 0 saturated heterocycles. The minimum Gasteiger partial charge on any atom is -0.452 e. The lowest BCUT2D eigenvalue weighted by Gasteiger charge is -2.31. The van der Waals surface area contributed by atoms with Crippen LogP contribution in [0.1, 0.15) is 59.4 Å². The first-order valence-electron chi connectivity index (χ1n) is 10.0. The summed E-state index contributed by atoms with van der Waals surface area (Å²) >= 11 is 0. The largest absolute Gasteiger partial charge is 0.452 e. The van der Waals surface area contributed by atoms with Crippen molar-refractivity contribution >= 4 is 11.9 Å². The number of hydrogen-bond donors (Lipinski definition) is 1. The van der Waals surface area contributed by atoms with E-state index in [4.69, 9.17) is 4.74 Å². The zero-order valence-electron chi connectivity index (χ0n) is 17.2. The van der Waals surface area contributed by atoms with Crippen molar-refractivity contribution in [1.82, 2.24) is 9.88 Å². The number of ether oxygens (including phenoxy) is 1. The maximum Gasteiger partial charge on any atom is 0.340 e. The molecule has 3 rings (SSSR count). The van der Waals surface area contributed by atoms with Gasteiger partial charge >= 0.3 is 5.97 Å². The van der Waals surface area contributed by atoms with Gasteiger partial charge in [-0.25, -0.2) is 4.79 Å². The quantitative estimate of drug-likeness (QED) is 0.781. The van der Waals surface area contributed by atoms with Crippen LogP contribution < -0.4 is 5.32 Å². The van der Waals surface area contributed by atoms with Gasteiger partial charge in [0.1, 0.15) is 5.54 Å². The van der Waals surface area contributed by atoms with E-state index in [0.29, 0.717) is 18.4 Å². The number of amides is 1. The molecule has 6 nitrogen and oxygen atoms in total. The highest BCUT2D eigenvalue weighted by Crippen LogP contribution is 2.27. The third-order valence-corrected chi connectivity index (χ3v) is 5.55. The van der Waals surface area contributed by atoms with Crippen LogP contribution in [-0.4, -0.2) is 28.6 Å². The Morgan fingerprint density at radius 2 is 1.90 bits per heavy atom. The Labute approximate surface area is 171 Å². The van der Waals surface area contributed by atoms with Gasteiger partial charge in [0.15, 0.2) is 6.61 Å². The Morgan fingerprint density at radius 3 is 2.55 bits per heavy atom. The van der Waals surface area contributed by atoms with Crippen LogP contribution in [0.25, 0.3) is 5.69 Å². The zero-order valence-corrected chi connectivity index (χ0v) is 17.2. The number of aromatic nitrogens is 1. The van der Waals surface area contributed by atoms with Gasteiger partial charge in [0.25, 0.3) is 5.91 Å². The minimum absolute atomic E-state index is 0.392. The standard InChI is InChI=1S/C23H27N3O3/c1-16-8-7-9-19(12-16)26-17(2)13-20(18(26)3)22(28)29-14-21(27)25-23(15-24)10-5-4-6-11-23/h7-9,12-13H,4-6,10-11,14H2,1-3H3,(H,25,27). The van der Waals surface area contributed by atoms with Gasteiger partial charge in [-0.3, -0.25) is 4.79 Å². The molecule has 29 heavy (non-hydrogen) atoms. The van der Waals surface area contributed by atoms with Crippen molar-refractivity contribution in [2.75, 3.05) is 6.61 Å². The number of benzene rings is 1. The smallest absolute Gasteiger partial charge is 0.340 e. The van der Waals surface area contributed by atoms with E-state index in [1.807, 2.05) is 49.6 Å². The summed E-state index contributed by atoms with van der Waals surface area (Å²) in [5.74, 6) is -0.976. The lowest BCUT2D eigenvalue weighted by molar-refractivity contribution is -0.125. The highest BCUT2D eigenvalue weighted by Gasteiger charge is 2.33. The molecular weight excluding hydrogens is 366 g/mol. The molecule has 1 heterocycles. The van der Waals surface area contributed by atoms with Crippen LogP contribution in [-0.2, 0) is 9.53 Å². The fourth-order valence-electron chi connectivity index (χ4n) is 4.07. The van der Waals surface area contributed by atoms with Gasteiger partial charge in [-0.2, -0.15) is 5.26 Å². The number of carbonyl (C=O) groups excluding carboxylic acids is 2. The highest BCUT2D eigenvalue weighted by molar-refractivity contribution is 5.93. The lowest BCUT2D eigenvalue weighted by atomic mass is 9.83. The summed E-state index contributed by atoms with van der Waals surface area (Å²) < 4.78 is 7.25. The Kier molecular flexibility index (Phi) is 6.07. The molecule has 1 aliphatic rings. The summed E-state index contributed by atoms with van der Waals surface area (Å²) in [6, 6.07) is 12.0. The van der Waals surface area contributed by atoms with E-state index >= 15 is 0 Å². The molecule has 1 N–H and O–H groups in total. The minimum atomic E-state index is -0.831. The van der Waals surface area contributed by atoms with Gasteiger partial charge in [0.05, 0.1) is 11.6 Å². The summed E-state index contributed by atoms with van der Waals surface area (Å²) in [5.41, 5.74) is 3.39. The van der Waals surface area contributed by atoms with E-state index in [0.717, 1.165) is 41.9 Å². The van der Waals surface area contributed by atoms with Crippen molar-refractivity contribution in [2.45, 2.75) is 58.4 Å². The monoisotopic (exact) mass is 393 g/mol. The number of aryl methyl sites for hydroxylation is 2. The molecule has 0 radical (unpaired) electrons. The van der Waals surface area contributed by atoms with Crippen molar-refractivity contribution < 1.29 is 14.3 Å². The fraction of sp³-hybridized carbons (Fsp3) is 0.435. The average Bonchev–Trinajstić information content (AvgIpc) is 3.01. The first-order valence-corrected chi connectivity index (χ1v) is 10.0. The number of nitrogens with zero attached hydrogens (tertiary/aromatic N) is 2. The maximum atomic E-state index is 12.6. The van der Waals surface area contributed by atoms with Gasteiger partial charge in [-0.1, -0.05) is 31.4 Å². The topological polar surface area (TPSA) is 84.1 Å². The van der Waals surface area contributed by atoms with E-state index in [1.165, 1.54) is 0 Å². The molecule has 2 aromatic rings. The Bertz CT molecular complexity index is 962. The molecule has 1 aliphatic carbocycles.